The molecule has 4 heteroatoms. The summed E-state index contributed by atoms with van der Waals surface area (Å²) >= 11 is 12.1. The highest BCUT2D eigenvalue weighted by Crippen LogP contribution is 2.31. The van der Waals surface area contributed by atoms with Gasteiger partial charge in [-0.05, 0) is 66.3 Å². The summed E-state index contributed by atoms with van der Waals surface area (Å²) in [5.41, 5.74) is 4.09. The molecule has 0 amide bonds. The molecule has 0 aliphatic heterocycles. The first-order valence-corrected chi connectivity index (χ1v) is 9.97. The molecule has 0 aromatic heterocycles. The molecule has 0 saturated heterocycles. The Labute approximate surface area is 170 Å². The van der Waals surface area contributed by atoms with Crippen LogP contribution in [-0.2, 0) is 13.0 Å². The molecular weight excluding hydrogens is 377 g/mol. The van der Waals surface area contributed by atoms with Crippen LogP contribution in [0, 0.1) is 0 Å². The SMILES string of the molecule is Clc1cc(Cl)cc(Oc2cccc(CN[C@H]3CCCc4ccccc43)c2)c1. The first-order chi connectivity index (χ1) is 13.2. The highest BCUT2D eigenvalue weighted by molar-refractivity contribution is 6.34. The molecule has 1 N–H and O–H groups in total. The summed E-state index contributed by atoms with van der Waals surface area (Å²) in [7, 11) is 0. The van der Waals surface area contributed by atoms with Gasteiger partial charge in [-0.15, -0.1) is 0 Å². The minimum atomic E-state index is 0.409. The fourth-order valence-electron chi connectivity index (χ4n) is 3.65. The lowest BCUT2D eigenvalue weighted by molar-refractivity contribution is 0.456. The number of ether oxygens (including phenoxy) is 1. The van der Waals surface area contributed by atoms with E-state index in [1.807, 2.05) is 12.1 Å². The van der Waals surface area contributed by atoms with Crippen molar-refractivity contribution in [1.29, 1.82) is 0 Å². The third kappa shape index (κ3) is 4.65. The van der Waals surface area contributed by atoms with Gasteiger partial charge in [-0.25, -0.2) is 0 Å². The monoisotopic (exact) mass is 397 g/mol. The first kappa shape index (κ1) is 18.4. The predicted octanol–water partition coefficient (Wildman–Crippen LogP) is 6.95. The Kier molecular flexibility index (Phi) is 5.68. The van der Waals surface area contributed by atoms with Crippen molar-refractivity contribution < 1.29 is 4.74 Å². The van der Waals surface area contributed by atoms with E-state index in [0.717, 1.165) is 12.3 Å². The number of halogens is 2. The summed E-state index contributed by atoms with van der Waals surface area (Å²) in [6.07, 6.45) is 3.58. The largest absolute Gasteiger partial charge is 0.457 e. The lowest BCUT2D eigenvalue weighted by Crippen LogP contribution is -2.24. The van der Waals surface area contributed by atoms with Crippen molar-refractivity contribution >= 4 is 23.2 Å². The molecule has 4 rings (SSSR count). The topological polar surface area (TPSA) is 21.3 Å². The van der Waals surface area contributed by atoms with E-state index in [2.05, 4.69) is 41.7 Å². The average Bonchev–Trinajstić information content (AvgIpc) is 2.66. The number of aryl methyl sites for hydroxylation is 1. The number of nitrogens with one attached hydrogen (secondary N) is 1. The van der Waals surface area contributed by atoms with Crippen LogP contribution in [0.15, 0.2) is 66.7 Å². The van der Waals surface area contributed by atoms with Gasteiger partial charge in [0.15, 0.2) is 0 Å². The molecular formula is C23H21Cl2NO. The van der Waals surface area contributed by atoms with Gasteiger partial charge in [0, 0.05) is 22.6 Å². The third-order valence-corrected chi connectivity index (χ3v) is 5.33. The highest BCUT2D eigenvalue weighted by Gasteiger charge is 2.18. The zero-order chi connectivity index (χ0) is 18.6. The number of fused-ring (bicyclic) bond motifs is 1. The maximum absolute atomic E-state index is 6.05. The fourth-order valence-corrected chi connectivity index (χ4v) is 4.16. The molecule has 2 nitrogen and oxygen atoms in total. The molecule has 0 fully saturated rings. The van der Waals surface area contributed by atoms with E-state index in [0.29, 0.717) is 21.8 Å². The van der Waals surface area contributed by atoms with Crippen LogP contribution in [0.1, 0.15) is 35.6 Å². The molecule has 3 aromatic rings. The zero-order valence-electron chi connectivity index (χ0n) is 14.9. The summed E-state index contributed by atoms with van der Waals surface area (Å²) in [4.78, 5) is 0. The third-order valence-electron chi connectivity index (χ3n) is 4.89. The Morgan fingerprint density at radius 1 is 0.889 bits per heavy atom. The zero-order valence-corrected chi connectivity index (χ0v) is 16.4. The van der Waals surface area contributed by atoms with Gasteiger partial charge in [-0.1, -0.05) is 59.6 Å². The second-order valence-electron chi connectivity index (χ2n) is 6.88. The molecule has 138 valence electrons. The second-order valence-corrected chi connectivity index (χ2v) is 7.75. The van der Waals surface area contributed by atoms with Crippen LogP contribution in [0.4, 0.5) is 0 Å². The number of benzene rings is 3. The number of hydrogen-bond donors (Lipinski definition) is 1. The van der Waals surface area contributed by atoms with Gasteiger partial charge < -0.3 is 10.1 Å². The van der Waals surface area contributed by atoms with Gasteiger partial charge in [-0.3, -0.25) is 0 Å². The van der Waals surface area contributed by atoms with Crippen molar-refractivity contribution in [3.63, 3.8) is 0 Å². The smallest absolute Gasteiger partial charge is 0.130 e. The van der Waals surface area contributed by atoms with Crippen molar-refractivity contribution in [3.05, 3.63) is 93.5 Å². The average molecular weight is 398 g/mol. The lowest BCUT2D eigenvalue weighted by Gasteiger charge is -2.26. The Hall–Kier alpha value is -2.00. The standard InChI is InChI=1S/C23H21Cl2NO/c24-18-12-19(25)14-21(13-18)27-20-8-3-5-16(11-20)15-26-23-10-4-7-17-6-1-2-9-22(17)23/h1-3,5-6,8-9,11-14,23,26H,4,7,10,15H2/t23-/m0/s1. The van der Waals surface area contributed by atoms with Gasteiger partial charge in [0.2, 0.25) is 0 Å². The van der Waals surface area contributed by atoms with Crippen LogP contribution >= 0.6 is 23.2 Å². The van der Waals surface area contributed by atoms with Crippen molar-refractivity contribution in [2.24, 2.45) is 0 Å². The molecule has 0 bridgehead atoms. The van der Waals surface area contributed by atoms with E-state index in [-0.39, 0.29) is 0 Å². The van der Waals surface area contributed by atoms with Gasteiger partial charge in [0.1, 0.15) is 11.5 Å². The van der Waals surface area contributed by atoms with Crippen LogP contribution < -0.4 is 10.1 Å². The molecule has 1 atom stereocenters. The quantitative estimate of drug-likeness (QED) is 0.502. The summed E-state index contributed by atoms with van der Waals surface area (Å²) in [6, 6.07) is 22.5. The molecule has 27 heavy (non-hydrogen) atoms. The van der Waals surface area contributed by atoms with E-state index in [9.17, 15) is 0 Å². The Morgan fingerprint density at radius 2 is 1.70 bits per heavy atom. The fraction of sp³-hybridized carbons (Fsp3) is 0.217. The van der Waals surface area contributed by atoms with Crippen LogP contribution in [0.25, 0.3) is 0 Å². The Balaban J connectivity index is 1.44. The minimum Gasteiger partial charge on any atom is -0.457 e. The number of rotatable bonds is 5. The van der Waals surface area contributed by atoms with E-state index in [1.165, 1.54) is 36.0 Å². The molecule has 0 spiro atoms. The molecule has 0 radical (unpaired) electrons. The molecule has 0 unspecified atom stereocenters. The van der Waals surface area contributed by atoms with Crippen molar-refractivity contribution in [1.82, 2.24) is 5.32 Å². The maximum Gasteiger partial charge on any atom is 0.130 e. The van der Waals surface area contributed by atoms with E-state index in [1.54, 1.807) is 18.2 Å². The summed E-state index contributed by atoms with van der Waals surface area (Å²) in [5, 5.41) is 4.83. The van der Waals surface area contributed by atoms with Crippen LogP contribution in [0.2, 0.25) is 10.0 Å². The summed E-state index contributed by atoms with van der Waals surface area (Å²) in [6.45, 7) is 0.798. The van der Waals surface area contributed by atoms with Crippen molar-refractivity contribution in [2.45, 2.75) is 31.8 Å². The molecule has 0 saturated carbocycles. The van der Waals surface area contributed by atoms with Gasteiger partial charge >= 0.3 is 0 Å². The summed E-state index contributed by atoms with van der Waals surface area (Å²) in [5.74, 6) is 1.41. The number of hydrogen-bond acceptors (Lipinski definition) is 2. The van der Waals surface area contributed by atoms with E-state index in [4.69, 9.17) is 27.9 Å². The summed E-state index contributed by atoms with van der Waals surface area (Å²) < 4.78 is 5.93. The van der Waals surface area contributed by atoms with Crippen molar-refractivity contribution in [3.8, 4) is 11.5 Å². The van der Waals surface area contributed by atoms with Crippen LogP contribution in [-0.4, -0.2) is 0 Å². The molecule has 3 aromatic carbocycles. The van der Waals surface area contributed by atoms with Crippen LogP contribution in [0.3, 0.4) is 0 Å². The van der Waals surface area contributed by atoms with E-state index >= 15 is 0 Å². The normalized spacial score (nSPS) is 16.0. The molecule has 0 heterocycles. The first-order valence-electron chi connectivity index (χ1n) is 9.21. The lowest BCUT2D eigenvalue weighted by atomic mass is 9.87. The Morgan fingerprint density at radius 3 is 2.56 bits per heavy atom. The van der Waals surface area contributed by atoms with Gasteiger partial charge in [0.05, 0.1) is 0 Å². The highest BCUT2D eigenvalue weighted by atomic mass is 35.5. The maximum atomic E-state index is 6.05. The van der Waals surface area contributed by atoms with Gasteiger partial charge in [0.25, 0.3) is 0 Å². The predicted molar refractivity (Wildman–Crippen MR) is 112 cm³/mol. The van der Waals surface area contributed by atoms with Gasteiger partial charge in [-0.2, -0.15) is 0 Å². The van der Waals surface area contributed by atoms with Crippen LogP contribution in [0.5, 0.6) is 11.5 Å². The van der Waals surface area contributed by atoms with Crippen molar-refractivity contribution in [2.75, 3.05) is 0 Å². The van der Waals surface area contributed by atoms with E-state index < -0.39 is 0 Å². The second kappa shape index (κ2) is 8.35. The molecule has 1 aliphatic rings. The molecule has 1 aliphatic carbocycles. The minimum absolute atomic E-state index is 0.409. The Bertz CT molecular complexity index is 921.